The monoisotopic (exact) mass is 424 g/mol. The fourth-order valence-corrected chi connectivity index (χ4v) is 5.88. The van der Waals surface area contributed by atoms with Gasteiger partial charge in [-0.15, -0.1) is 11.3 Å². The van der Waals surface area contributed by atoms with Gasteiger partial charge in [-0.2, -0.15) is 4.98 Å². The van der Waals surface area contributed by atoms with E-state index < -0.39 is 0 Å². The van der Waals surface area contributed by atoms with Crippen LogP contribution < -0.4 is 9.64 Å². The Morgan fingerprint density at radius 1 is 1.20 bits per heavy atom. The summed E-state index contributed by atoms with van der Waals surface area (Å²) in [6, 6.07) is 6.35. The van der Waals surface area contributed by atoms with Crippen LogP contribution in [0, 0.1) is 19.8 Å². The minimum atomic E-state index is 0.735. The summed E-state index contributed by atoms with van der Waals surface area (Å²) in [6.07, 6.45) is 3.46. The molecule has 1 fully saturated rings. The van der Waals surface area contributed by atoms with Gasteiger partial charge in [0, 0.05) is 4.88 Å². The maximum Gasteiger partial charge on any atom is 0.231 e. The second kappa shape index (κ2) is 8.25. The molecule has 0 amide bonds. The van der Waals surface area contributed by atoms with Crippen molar-refractivity contribution in [3.63, 3.8) is 0 Å². The number of quaternary nitrogens is 1. The van der Waals surface area contributed by atoms with E-state index in [1.54, 1.807) is 0 Å². The van der Waals surface area contributed by atoms with Crippen LogP contribution in [0.25, 0.3) is 10.2 Å². The summed E-state index contributed by atoms with van der Waals surface area (Å²) in [7, 11) is 0. The molecule has 2 aromatic heterocycles. The maximum atomic E-state index is 6.51. The van der Waals surface area contributed by atoms with E-state index in [0.29, 0.717) is 0 Å². The third-order valence-corrected chi connectivity index (χ3v) is 7.47. The zero-order valence-electron chi connectivity index (χ0n) is 18.1. The number of hydrogen-bond acceptors (Lipinski definition) is 5. The summed E-state index contributed by atoms with van der Waals surface area (Å²) in [5.74, 6) is 3.25. The second-order valence-electron chi connectivity index (χ2n) is 8.89. The van der Waals surface area contributed by atoms with Crippen molar-refractivity contribution in [1.82, 2.24) is 9.97 Å². The molecule has 1 N–H and O–H groups in total. The van der Waals surface area contributed by atoms with E-state index in [2.05, 4.69) is 39.0 Å². The van der Waals surface area contributed by atoms with Crippen LogP contribution in [-0.4, -0.2) is 36.3 Å². The molecule has 3 aromatic rings. The van der Waals surface area contributed by atoms with E-state index >= 15 is 0 Å². The van der Waals surface area contributed by atoms with Crippen LogP contribution in [-0.2, 0) is 24.1 Å². The van der Waals surface area contributed by atoms with Gasteiger partial charge >= 0.3 is 0 Å². The van der Waals surface area contributed by atoms with Gasteiger partial charge in [0.25, 0.3) is 0 Å². The lowest BCUT2D eigenvalue weighted by Crippen LogP contribution is -3.12. The van der Waals surface area contributed by atoms with Crippen LogP contribution in [0.1, 0.15) is 40.7 Å². The van der Waals surface area contributed by atoms with Gasteiger partial charge in [0.1, 0.15) is 30.2 Å². The maximum absolute atomic E-state index is 6.51. The quantitative estimate of drug-likeness (QED) is 0.695. The molecule has 1 atom stereocenters. The van der Waals surface area contributed by atoms with Crippen molar-refractivity contribution in [1.29, 1.82) is 0 Å². The third kappa shape index (κ3) is 3.96. The second-order valence-corrected chi connectivity index (χ2v) is 9.97. The van der Waals surface area contributed by atoms with Gasteiger partial charge < -0.3 is 14.4 Å². The van der Waals surface area contributed by atoms with Crippen molar-refractivity contribution in [2.45, 2.75) is 46.6 Å². The number of thiophene rings is 1. The highest BCUT2D eigenvalue weighted by molar-refractivity contribution is 7.18. The fraction of sp³-hybridized carbons (Fsp3) is 0.500. The van der Waals surface area contributed by atoms with E-state index in [-0.39, 0.29) is 0 Å². The SMILES string of the molecule is Cc1ccc(C)c(Oc2nc(C[NH+]3CCOCC3)nc3sc4c(c23)CC[C@H](C)C4)c1. The molecule has 0 bridgehead atoms. The van der Waals surface area contributed by atoms with E-state index in [9.17, 15) is 0 Å². The lowest BCUT2D eigenvalue weighted by atomic mass is 9.89. The number of aromatic nitrogens is 2. The molecule has 0 spiro atoms. The van der Waals surface area contributed by atoms with Crippen LogP contribution in [0.2, 0.25) is 0 Å². The van der Waals surface area contributed by atoms with Crippen LogP contribution >= 0.6 is 11.3 Å². The molecule has 1 aliphatic carbocycles. The summed E-state index contributed by atoms with van der Waals surface area (Å²) in [4.78, 5) is 14.0. The molecule has 30 heavy (non-hydrogen) atoms. The Morgan fingerprint density at radius 2 is 2.03 bits per heavy atom. The Hall–Kier alpha value is -2.02. The lowest BCUT2D eigenvalue weighted by molar-refractivity contribution is -0.922. The number of fused-ring (bicyclic) bond motifs is 3. The molecule has 1 saturated heterocycles. The van der Waals surface area contributed by atoms with Gasteiger partial charge in [0.2, 0.25) is 5.88 Å². The molecule has 1 aromatic carbocycles. The van der Waals surface area contributed by atoms with Crippen molar-refractivity contribution in [3.05, 3.63) is 45.6 Å². The van der Waals surface area contributed by atoms with Gasteiger partial charge in [-0.05, 0) is 61.8 Å². The van der Waals surface area contributed by atoms with Crippen LogP contribution in [0.5, 0.6) is 11.6 Å². The molecule has 0 radical (unpaired) electrons. The number of hydrogen-bond donors (Lipinski definition) is 1. The van der Waals surface area contributed by atoms with Crippen molar-refractivity contribution in [2.75, 3.05) is 26.3 Å². The molecule has 158 valence electrons. The Kier molecular flexibility index (Phi) is 5.48. The Labute approximate surface area is 182 Å². The molecule has 5 nitrogen and oxygen atoms in total. The topological polar surface area (TPSA) is 48.7 Å². The number of aryl methyl sites for hydroxylation is 3. The molecule has 2 aliphatic rings. The van der Waals surface area contributed by atoms with Gasteiger partial charge in [0.05, 0.1) is 18.6 Å². The van der Waals surface area contributed by atoms with Crippen molar-refractivity contribution >= 4 is 21.6 Å². The zero-order valence-corrected chi connectivity index (χ0v) is 18.9. The molecule has 0 unspecified atom stereocenters. The van der Waals surface area contributed by atoms with E-state index in [1.807, 2.05) is 11.3 Å². The molecular weight excluding hydrogens is 394 g/mol. The van der Waals surface area contributed by atoms with Crippen LogP contribution in [0.4, 0.5) is 0 Å². The predicted octanol–water partition coefficient (Wildman–Crippen LogP) is 3.64. The Morgan fingerprint density at radius 3 is 2.87 bits per heavy atom. The predicted molar refractivity (Wildman–Crippen MR) is 120 cm³/mol. The molecule has 6 heteroatoms. The van der Waals surface area contributed by atoms with Gasteiger partial charge in [-0.25, -0.2) is 4.98 Å². The summed E-state index contributed by atoms with van der Waals surface area (Å²) in [5.41, 5.74) is 3.74. The van der Waals surface area contributed by atoms with Crippen molar-refractivity contribution in [2.24, 2.45) is 5.92 Å². The number of nitrogens with zero attached hydrogens (tertiary/aromatic N) is 2. The van der Waals surface area contributed by atoms with Gasteiger partial charge in [-0.3, -0.25) is 0 Å². The number of nitrogens with one attached hydrogen (secondary N) is 1. The molecule has 5 rings (SSSR count). The molecular formula is C24H30N3O2S+. The lowest BCUT2D eigenvalue weighted by Gasteiger charge is -2.23. The van der Waals surface area contributed by atoms with Gasteiger partial charge in [-0.1, -0.05) is 19.1 Å². The van der Waals surface area contributed by atoms with E-state index in [0.717, 1.165) is 84.8 Å². The highest BCUT2D eigenvalue weighted by atomic mass is 32.1. The highest BCUT2D eigenvalue weighted by Crippen LogP contribution is 2.42. The summed E-state index contributed by atoms with van der Waals surface area (Å²) in [6.45, 7) is 11.0. The average Bonchev–Trinajstić information content (AvgIpc) is 3.09. The minimum Gasteiger partial charge on any atom is -0.438 e. The number of morpholine rings is 1. The molecule has 3 heterocycles. The van der Waals surface area contributed by atoms with Crippen molar-refractivity contribution in [3.8, 4) is 11.6 Å². The summed E-state index contributed by atoms with van der Waals surface area (Å²) in [5, 5.41) is 1.14. The average molecular weight is 425 g/mol. The highest BCUT2D eigenvalue weighted by Gasteiger charge is 2.26. The first-order valence-corrected chi connectivity index (χ1v) is 11.9. The summed E-state index contributed by atoms with van der Waals surface area (Å²) < 4.78 is 12.0. The van der Waals surface area contributed by atoms with Crippen LogP contribution in [0.3, 0.4) is 0 Å². The Balaban J connectivity index is 1.58. The van der Waals surface area contributed by atoms with E-state index in [4.69, 9.17) is 19.4 Å². The van der Waals surface area contributed by atoms with E-state index in [1.165, 1.54) is 27.3 Å². The third-order valence-electron chi connectivity index (χ3n) is 6.33. The number of benzene rings is 1. The Bertz CT molecular complexity index is 1070. The minimum absolute atomic E-state index is 0.735. The standard InChI is InChI=1S/C24H29N3O2S/c1-15-4-6-17(3)19(12-15)29-23-22-18-7-5-16(2)13-20(18)30-24(22)26-21(25-23)14-27-8-10-28-11-9-27/h4,6,12,16H,5,7-11,13-14H2,1-3H3/p+1/t16-/m0/s1. The smallest absolute Gasteiger partial charge is 0.231 e. The number of rotatable bonds is 4. The molecule has 1 aliphatic heterocycles. The first-order chi connectivity index (χ1) is 14.6. The molecule has 0 saturated carbocycles. The summed E-state index contributed by atoms with van der Waals surface area (Å²) >= 11 is 1.85. The normalized spacial score (nSPS) is 19.8. The fourth-order valence-electron chi connectivity index (χ4n) is 4.49. The largest absolute Gasteiger partial charge is 0.438 e. The first kappa shape index (κ1) is 19.9. The first-order valence-electron chi connectivity index (χ1n) is 11.0. The zero-order chi connectivity index (χ0) is 20.7. The van der Waals surface area contributed by atoms with Gasteiger partial charge in [0.15, 0.2) is 5.82 Å². The number of ether oxygens (including phenoxy) is 2. The van der Waals surface area contributed by atoms with Crippen LogP contribution in [0.15, 0.2) is 18.2 Å². The van der Waals surface area contributed by atoms with Crippen molar-refractivity contribution < 1.29 is 14.4 Å².